The number of thioether (sulfide) groups is 1. The monoisotopic (exact) mass is 536 g/mol. The van der Waals surface area contributed by atoms with E-state index in [0.717, 1.165) is 16.4 Å². The minimum atomic E-state index is -4.69. The van der Waals surface area contributed by atoms with E-state index in [2.05, 4.69) is 30.0 Å². The third-order valence-corrected chi connectivity index (χ3v) is 7.53. The Bertz CT molecular complexity index is 1210. The molecule has 3 unspecified atom stereocenters. The Morgan fingerprint density at radius 1 is 1.35 bits per heavy atom. The maximum absolute atomic E-state index is 12.8. The van der Waals surface area contributed by atoms with E-state index in [1.165, 1.54) is 0 Å². The fraction of sp³-hybridized carbons (Fsp3) is 0.400. The molecule has 0 saturated carbocycles. The molecular formula is C15H11F3N8O5S3. The summed E-state index contributed by atoms with van der Waals surface area (Å²) in [6.45, 7) is 0. The molecule has 1 saturated heterocycles. The van der Waals surface area contributed by atoms with Gasteiger partial charge in [-0.25, -0.2) is 9.78 Å². The summed E-state index contributed by atoms with van der Waals surface area (Å²) in [5.41, 5.74) is 5.02. The van der Waals surface area contributed by atoms with Crippen LogP contribution in [0.4, 0.5) is 18.3 Å². The number of carbonyl (C=O) groups is 3. The van der Waals surface area contributed by atoms with Crippen LogP contribution in [0.2, 0.25) is 0 Å². The molecule has 34 heavy (non-hydrogen) atoms. The number of carboxylic acid groups (broad SMARTS) is 1. The number of halogens is 3. The molecule has 2 aliphatic heterocycles. The number of nitroso groups, excluding NO2 is 1. The normalized spacial score (nSPS) is 21.0. The number of carbonyl (C=O) groups excluding carboxylic acids is 2. The van der Waals surface area contributed by atoms with E-state index in [4.69, 9.17) is 5.73 Å². The molecule has 0 aliphatic carbocycles. The predicted molar refractivity (Wildman–Crippen MR) is 110 cm³/mol. The number of aliphatic carboxylic acids is 1. The Hall–Kier alpha value is -3.19. The number of hydrogen-bond donors (Lipinski definition) is 3. The van der Waals surface area contributed by atoms with Gasteiger partial charge in [-0.05, 0) is 18.0 Å². The van der Waals surface area contributed by atoms with Gasteiger partial charge in [0.1, 0.15) is 11.7 Å². The molecule has 0 aromatic carbocycles. The molecule has 2 aromatic rings. The molecule has 0 spiro atoms. The molecule has 2 aliphatic rings. The van der Waals surface area contributed by atoms with Gasteiger partial charge in [0.05, 0.1) is 6.04 Å². The maximum atomic E-state index is 12.8. The second-order valence-corrected chi connectivity index (χ2v) is 9.95. The Labute approximate surface area is 198 Å². The minimum Gasteiger partial charge on any atom is -0.477 e. The number of nitrogen functional groups attached to an aromatic ring is 1. The summed E-state index contributed by atoms with van der Waals surface area (Å²) in [4.78, 5) is 53.0. The Morgan fingerprint density at radius 3 is 2.65 bits per heavy atom. The van der Waals surface area contributed by atoms with Gasteiger partial charge in [0.25, 0.3) is 11.8 Å². The maximum Gasteiger partial charge on any atom is 0.445 e. The Balaban J connectivity index is 1.51. The molecule has 4 heterocycles. The standard InChI is InChI=1S/C15H11F3N8O5S3/c16-15(17,18)12-22-23-14(33-12)32-4-2-1-3-5(10(28)26(3)7(4)11(29)30)20-9(27)6(24-31)8-21-13(19)34-25-8/h3,5-6H,1-2H2,(H,20,27)(H,29,30)(H2,19,21,25). The fourth-order valence-electron chi connectivity index (χ4n) is 3.40. The van der Waals surface area contributed by atoms with Crippen LogP contribution in [0.1, 0.15) is 29.7 Å². The molecular weight excluding hydrogens is 525 g/mol. The van der Waals surface area contributed by atoms with E-state index in [1.807, 2.05) is 0 Å². The van der Waals surface area contributed by atoms with Crippen molar-refractivity contribution in [2.45, 2.75) is 41.5 Å². The van der Waals surface area contributed by atoms with Gasteiger partial charge in [-0.15, -0.1) is 15.1 Å². The number of β-lactam (4-membered cyclic amide) rings is 1. The van der Waals surface area contributed by atoms with Crippen LogP contribution in [0.25, 0.3) is 0 Å². The van der Waals surface area contributed by atoms with Crippen molar-refractivity contribution in [2.24, 2.45) is 5.18 Å². The molecule has 2 amide bonds. The number of nitrogens with zero attached hydrogens (tertiary/aromatic N) is 6. The number of carboxylic acids is 1. The van der Waals surface area contributed by atoms with Crippen LogP contribution in [-0.2, 0) is 20.6 Å². The molecule has 4 N–H and O–H groups in total. The third-order valence-electron chi connectivity index (χ3n) is 4.81. The fourth-order valence-corrected chi connectivity index (χ4v) is 5.81. The van der Waals surface area contributed by atoms with Gasteiger partial charge in [-0.1, -0.05) is 23.1 Å². The van der Waals surface area contributed by atoms with Gasteiger partial charge < -0.3 is 16.2 Å². The summed E-state index contributed by atoms with van der Waals surface area (Å²) in [5.74, 6) is -3.43. The summed E-state index contributed by atoms with van der Waals surface area (Å²) in [7, 11) is 0. The van der Waals surface area contributed by atoms with E-state index in [-0.39, 0.29) is 44.4 Å². The zero-order chi connectivity index (χ0) is 24.8. The van der Waals surface area contributed by atoms with Crippen LogP contribution >= 0.6 is 34.6 Å². The van der Waals surface area contributed by atoms with Gasteiger partial charge in [-0.2, -0.15) is 17.5 Å². The first-order chi connectivity index (χ1) is 16.0. The summed E-state index contributed by atoms with van der Waals surface area (Å²) in [6, 6.07) is -3.53. The van der Waals surface area contributed by atoms with Crippen LogP contribution in [0.15, 0.2) is 20.1 Å². The van der Waals surface area contributed by atoms with Crippen molar-refractivity contribution in [1.29, 1.82) is 0 Å². The lowest BCUT2D eigenvalue weighted by Gasteiger charge is -2.50. The molecule has 3 atom stereocenters. The van der Waals surface area contributed by atoms with Crippen LogP contribution in [0, 0.1) is 4.91 Å². The second kappa shape index (κ2) is 8.87. The summed E-state index contributed by atoms with van der Waals surface area (Å²) >= 11 is 1.68. The van der Waals surface area contributed by atoms with Gasteiger partial charge in [0.15, 0.2) is 15.3 Å². The average Bonchev–Trinajstić information content (AvgIpc) is 3.41. The third kappa shape index (κ3) is 4.32. The van der Waals surface area contributed by atoms with Crippen molar-refractivity contribution in [3.63, 3.8) is 0 Å². The first-order valence-corrected chi connectivity index (χ1v) is 11.5. The molecule has 4 rings (SSSR count). The highest BCUT2D eigenvalue weighted by molar-refractivity contribution is 8.04. The number of nitrogens with one attached hydrogen (secondary N) is 1. The van der Waals surface area contributed by atoms with Gasteiger partial charge >= 0.3 is 12.1 Å². The topological polar surface area (TPSA) is 194 Å². The molecule has 0 radical (unpaired) electrons. The largest absolute Gasteiger partial charge is 0.477 e. The number of aromatic nitrogens is 4. The van der Waals surface area contributed by atoms with Crippen molar-refractivity contribution in [2.75, 3.05) is 5.73 Å². The summed E-state index contributed by atoms with van der Waals surface area (Å²) in [5, 5.41) is 20.0. The SMILES string of the molecule is Nc1nc(C(N=O)C(=O)NC2C(=O)N3C(C(=O)O)=C(Sc4nnc(C(F)(F)F)s4)CCC23)ns1. The van der Waals surface area contributed by atoms with Crippen molar-refractivity contribution >= 4 is 57.5 Å². The van der Waals surface area contributed by atoms with E-state index in [9.17, 15) is 37.6 Å². The molecule has 2 aromatic heterocycles. The molecule has 180 valence electrons. The van der Waals surface area contributed by atoms with Crippen LogP contribution in [0.5, 0.6) is 0 Å². The van der Waals surface area contributed by atoms with Gasteiger partial charge in [-0.3, -0.25) is 14.5 Å². The van der Waals surface area contributed by atoms with Crippen molar-refractivity contribution in [3.05, 3.63) is 26.3 Å². The van der Waals surface area contributed by atoms with Crippen LogP contribution in [-0.4, -0.2) is 59.4 Å². The highest BCUT2D eigenvalue weighted by Gasteiger charge is 2.54. The number of fused-ring (bicyclic) bond motifs is 1. The summed E-state index contributed by atoms with van der Waals surface area (Å²) in [6.07, 6.45) is -4.40. The highest BCUT2D eigenvalue weighted by Crippen LogP contribution is 2.45. The molecule has 19 heteroatoms. The lowest BCUT2D eigenvalue weighted by atomic mass is 9.86. The van der Waals surface area contributed by atoms with Crippen LogP contribution < -0.4 is 11.1 Å². The summed E-state index contributed by atoms with van der Waals surface area (Å²) < 4.78 is 41.9. The molecule has 13 nitrogen and oxygen atoms in total. The van der Waals surface area contributed by atoms with Crippen LogP contribution in [0.3, 0.4) is 0 Å². The first-order valence-electron chi connectivity index (χ1n) is 9.11. The van der Waals surface area contributed by atoms with Crippen molar-refractivity contribution in [1.82, 2.24) is 29.8 Å². The van der Waals surface area contributed by atoms with E-state index < -0.39 is 52.8 Å². The lowest BCUT2D eigenvalue weighted by Crippen LogP contribution is -2.71. The number of amides is 2. The Kier molecular flexibility index (Phi) is 6.25. The number of rotatable bonds is 7. The lowest BCUT2D eigenvalue weighted by molar-refractivity contribution is -0.156. The predicted octanol–water partition coefficient (Wildman–Crippen LogP) is 1.38. The quantitative estimate of drug-likeness (QED) is 0.342. The average molecular weight is 536 g/mol. The molecule has 1 fully saturated rings. The number of allylic oxidation sites excluding steroid dienone is 1. The molecule has 0 bridgehead atoms. The number of anilines is 1. The van der Waals surface area contributed by atoms with E-state index in [0.29, 0.717) is 11.8 Å². The zero-order valence-corrected chi connectivity index (χ0v) is 18.8. The number of nitrogens with two attached hydrogens (primary N) is 1. The van der Waals surface area contributed by atoms with Gasteiger partial charge in [0.2, 0.25) is 11.0 Å². The first kappa shape index (κ1) is 24.0. The second-order valence-electron chi connectivity index (χ2n) is 6.85. The zero-order valence-electron chi connectivity index (χ0n) is 16.3. The smallest absolute Gasteiger partial charge is 0.445 e. The van der Waals surface area contributed by atoms with Gasteiger partial charge in [0, 0.05) is 16.4 Å². The van der Waals surface area contributed by atoms with E-state index >= 15 is 0 Å². The highest BCUT2D eigenvalue weighted by atomic mass is 32.2. The van der Waals surface area contributed by atoms with Crippen molar-refractivity contribution < 1.29 is 32.7 Å². The minimum absolute atomic E-state index is 0.00803. The Morgan fingerprint density at radius 2 is 2.09 bits per heavy atom. The number of hydrogen-bond acceptors (Lipinski definition) is 13. The number of alkyl halides is 3. The van der Waals surface area contributed by atoms with E-state index in [1.54, 1.807) is 0 Å². The van der Waals surface area contributed by atoms with Crippen molar-refractivity contribution in [3.8, 4) is 0 Å².